The molecule has 0 aromatic heterocycles. The highest BCUT2D eigenvalue weighted by molar-refractivity contribution is 6.00. The van der Waals surface area contributed by atoms with Crippen molar-refractivity contribution >= 4 is 35.3 Å². The van der Waals surface area contributed by atoms with Crippen molar-refractivity contribution in [2.75, 3.05) is 46.8 Å². The molecule has 0 spiro atoms. The fraction of sp³-hybridized carbons (Fsp3) is 0.564. The van der Waals surface area contributed by atoms with E-state index in [1.807, 2.05) is 117 Å². The fourth-order valence-electron chi connectivity index (χ4n) is 9.54. The summed E-state index contributed by atoms with van der Waals surface area (Å²) in [5.74, 6) is -1.55. The van der Waals surface area contributed by atoms with Gasteiger partial charge in [0.1, 0.15) is 6.04 Å². The second-order valence-electron chi connectivity index (χ2n) is 21.2. The lowest BCUT2D eigenvalue weighted by atomic mass is 9.77. The Morgan fingerprint density at radius 2 is 1.10 bits per heavy atom. The molecule has 2 fully saturated rings. The van der Waals surface area contributed by atoms with E-state index in [2.05, 4.69) is 21.3 Å². The number of amides is 5. The number of likely N-dealkylation sites (N-methyl/N-ethyl adjacent to an activating group) is 2. The molecule has 68 heavy (non-hydrogen) atoms. The summed E-state index contributed by atoms with van der Waals surface area (Å²) in [5.41, 5.74) is 1.82. The third-order valence-electron chi connectivity index (χ3n) is 14.0. The summed E-state index contributed by atoms with van der Waals surface area (Å²) in [6.45, 7) is 17.2. The summed E-state index contributed by atoms with van der Waals surface area (Å²) >= 11 is 0. The number of likely N-dealkylation sites (tertiary alicyclic amines) is 1. The average Bonchev–Trinajstić information content (AvgIpc) is 4.00. The third kappa shape index (κ3) is 14.3. The Labute approximate surface area is 405 Å². The molecule has 3 aromatic carbocycles. The van der Waals surface area contributed by atoms with Crippen LogP contribution in [-0.2, 0) is 32.0 Å². The van der Waals surface area contributed by atoms with E-state index in [9.17, 15) is 28.8 Å². The lowest BCUT2D eigenvalue weighted by molar-refractivity contribution is -0.140. The molecule has 1 aliphatic heterocycles. The number of hydrogen-bond donors (Lipinski definition) is 4. The topological polar surface area (TPSA) is 160 Å². The van der Waals surface area contributed by atoms with Crippen molar-refractivity contribution in [2.45, 2.75) is 131 Å². The lowest BCUT2D eigenvalue weighted by Crippen LogP contribution is -2.59. The van der Waals surface area contributed by atoms with Gasteiger partial charge in [-0.15, -0.1) is 0 Å². The van der Waals surface area contributed by atoms with Crippen LogP contribution < -0.4 is 21.3 Å². The van der Waals surface area contributed by atoms with E-state index in [1.54, 1.807) is 52.2 Å². The van der Waals surface area contributed by atoms with Gasteiger partial charge < -0.3 is 36.0 Å². The van der Waals surface area contributed by atoms with Gasteiger partial charge in [0.2, 0.25) is 17.7 Å². The van der Waals surface area contributed by atoms with Gasteiger partial charge in [-0.1, -0.05) is 115 Å². The second kappa shape index (κ2) is 24.2. The molecular weight excluding hydrogens is 855 g/mol. The number of nitrogens with one attached hydrogen (secondary N) is 4. The van der Waals surface area contributed by atoms with Crippen LogP contribution in [0.1, 0.15) is 119 Å². The highest BCUT2D eigenvalue weighted by Crippen LogP contribution is 2.37. The first-order valence-electron chi connectivity index (χ1n) is 24.8. The number of carbonyl (C=O) groups excluding carboxylic acids is 6. The maximum atomic E-state index is 14.9. The molecule has 2 aliphatic rings. The number of hydrogen-bond acceptors (Lipinski definition) is 8. The molecule has 370 valence electrons. The van der Waals surface area contributed by atoms with Crippen LogP contribution in [0.15, 0.2) is 84.9 Å². The van der Waals surface area contributed by atoms with Gasteiger partial charge in [0.15, 0.2) is 5.78 Å². The standard InChI is InChI=1S/C55H79N7O6/c1-37(56-9)49(64)58-47(54(3,4)5)46(63)45-28-18-26-43(45)35-60(32-29-39-20-13-11-14-21-39)51(66)41-24-17-25-42(34-41)52(67)61(33-30-40-22-15-12-16-23-40)36-44-27-19-31-62(44)53(68)48(55(6,7)8)59-50(65)38(2)57-10/h11-17,20-25,34,37-38,43-45,47-48,56-57H,18-19,26-33,35-36H2,1-10H3,(H,58,64)(H,59,65)/t37-,38-,43-,44-,45?,47+,48+/m0/s1. The maximum absolute atomic E-state index is 14.9. The van der Waals surface area contributed by atoms with Gasteiger partial charge in [-0.3, -0.25) is 28.8 Å². The predicted octanol–water partition coefficient (Wildman–Crippen LogP) is 6.31. The molecule has 0 radical (unpaired) electrons. The summed E-state index contributed by atoms with van der Waals surface area (Å²) in [6.07, 6.45) is 4.98. The van der Waals surface area contributed by atoms with Crippen LogP contribution >= 0.6 is 0 Å². The van der Waals surface area contributed by atoms with Crippen molar-refractivity contribution in [3.63, 3.8) is 0 Å². The average molecular weight is 934 g/mol. The van der Waals surface area contributed by atoms with E-state index in [4.69, 9.17) is 0 Å². The number of benzene rings is 3. The first-order valence-corrected chi connectivity index (χ1v) is 24.8. The zero-order chi connectivity index (χ0) is 49.8. The molecule has 1 unspecified atom stereocenters. The molecule has 5 amide bonds. The molecule has 1 saturated heterocycles. The van der Waals surface area contributed by atoms with Crippen molar-refractivity contribution in [1.29, 1.82) is 0 Å². The Balaban J connectivity index is 1.42. The largest absolute Gasteiger partial charge is 0.344 e. The highest BCUT2D eigenvalue weighted by atomic mass is 16.2. The van der Waals surface area contributed by atoms with Crippen molar-refractivity contribution in [1.82, 2.24) is 36.0 Å². The minimum absolute atomic E-state index is 0.0000942. The van der Waals surface area contributed by atoms with Crippen LogP contribution in [0.3, 0.4) is 0 Å². The molecule has 1 heterocycles. The molecule has 5 rings (SSSR count). The molecule has 0 bridgehead atoms. The van der Waals surface area contributed by atoms with Crippen LogP contribution in [0.25, 0.3) is 0 Å². The molecule has 1 saturated carbocycles. The van der Waals surface area contributed by atoms with Gasteiger partial charge in [-0.2, -0.15) is 0 Å². The predicted molar refractivity (Wildman–Crippen MR) is 269 cm³/mol. The Bertz CT molecular complexity index is 2020. The van der Waals surface area contributed by atoms with Crippen LogP contribution in [0.2, 0.25) is 0 Å². The fourth-order valence-corrected chi connectivity index (χ4v) is 9.54. The van der Waals surface area contributed by atoms with E-state index in [0.29, 0.717) is 63.0 Å². The highest BCUT2D eigenvalue weighted by Gasteiger charge is 2.44. The van der Waals surface area contributed by atoms with Crippen LogP contribution in [0.4, 0.5) is 0 Å². The first kappa shape index (κ1) is 53.6. The van der Waals surface area contributed by atoms with Gasteiger partial charge in [-0.25, -0.2) is 0 Å². The van der Waals surface area contributed by atoms with E-state index in [-0.39, 0.29) is 59.7 Å². The monoisotopic (exact) mass is 934 g/mol. The Hall–Kier alpha value is -5.40. The molecule has 3 aromatic rings. The number of ketones is 1. The molecule has 13 nitrogen and oxygen atoms in total. The molecule has 7 atom stereocenters. The normalized spacial score (nSPS) is 19.1. The zero-order valence-corrected chi connectivity index (χ0v) is 42.4. The second-order valence-corrected chi connectivity index (χ2v) is 21.2. The van der Waals surface area contributed by atoms with Crippen molar-refractivity contribution in [2.24, 2.45) is 22.7 Å². The van der Waals surface area contributed by atoms with Gasteiger partial charge in [0, 0.05) is 55.8 Å². The number of Topliss-reactive ketones (excluding diaryl/α,β-unsaturated/α-hetero) is 1. The summed E-state index contributed by atoms with van der Waals surface area (Å²) in [5, 5.41) is 12.0. The van der Waals surface area contributed by atoms with Gasteiger partial charge >= 0.3 is 0 Å². The van der Waals surface area contributed by atoms with Crippen molar-refractivity contribution in [3.05, 3.63) is 107 Å². The van der Waals surface area contributed by atoms with Crippen molar-refractivity contribution < 1.29 is 28.8 Å². The van der Waals surface area contributed by atoms with Crippen LogP contribution in [-0.4, -0.2) is 127 Å². The SMILES string of the molecule is CN[C@@H](C)C(=O)N[C@H](C(=O)C1CCC[C@H]1CN(CCc1ccccc1)C(=O)c1cccc(C(=O)N(CCc2ccccc2)C[C@@H]2CCCN2C(=O)[C@@H](NC(=O)[C@H](C)NC)C(C)(C)C)c1)C(C)(C)C. The summed E-state index contributed by atoms with van der Waals surface area (Å²) < 4.78 is 0. The smallest absolute Gasteiger partial charge is 0.253 e. The Morgan fingerprint density at radius 1 is 0.618 bits per heavy atom. The molecular formula is C55H79N7O6. The van der Waals surface area contributed by atoms with Crippen LogP contribution in [0.5, 0.6) is 0 Å². The zero-order valence-electron chi connectivity index (χ0n) is 42.4. The molecule has 1 aliphatic carbocycles. The Kier molecular flexibility index (Phi) is 19.1. The van der Waals surface area contributed by atoms with Gasteiger partial charge in [0.05, 0.1) is 18.1 Å². The number of nitrogens with zero attached hydrogens (tertiary/aromatic N) is 3. The minimum atomic E-state index is -0.766. The first-order chi connectivity index (χ1) is 32.2. The summed E-state index contributed by atoms with van der Waals surface area (Å²) in [4.78, 5) is 90.4. The molecule has 4 N–H and O–H groups in total. The van der Waals surface area contributed by atoms with E-state index >= 15 is 0 Å². The van der Waals surface area contributed by atoms with Crippen LogP contribution in [0, 0.1) is 22.7 Å². The van der Waals surface area contributed by atoms with Gasteiger partial charge in [-0.05, 0) is 113 Å². The number of carbonyl (C=O) groups is 6. The number of rotatable bonds is 21. The van der Waals surface area contributed by atoms with Gasteiger partial charge in [0.25, 0.3) is 11.8 Å². The summed E-state index contributed by atoms with van der Waals surface area (Å²) in [6, 6.07) is 24.3. The lowest BCUT2D eigenvalue weighted by Gasteiger charge is -2.37. The molecule has 13 heteroatoms. The van der Waals surface area contributed by atoms with E-state index in [1.165, 1.54) is 0 Å². The van der Waals surface area contributed by atoms with Crippen molar-refractivity contribution in [3.8, 4) is 0 Å². The third-order valence-corrected chi connectivity index (χ3v) is 14.0. The minimum Gasteiger partial charge on any atom is -0.344 e. The Morgan fingerprint density at radius 3 is 1.59 bits per heavy atom. The van der Waals surface area contributed by atoms with E-state index in [0.717, 1.165) is 30.4 Å². The van der Waals surface area contributed by atoms with E-state index < -0.39 is 35.0 Å². The quantitative estimate of drug-likeness (QED) is 0.0968. The summed E-state index contributed by atoms with van der Waals surface area (Å²) in [7, 11) is 3.42. The maximum Gasteiger partial charge on any atom is 0.253 e.